The van der Waals surface area contributed by atoms with Crippen LogP contribution < -0.4 is 0 Å². The summed E-state index contributed by atoms with van der Waals surface area (Å²) in [6.45, 7) is 0. The van der Waals surface area contributed by atoms with E-state index in [0.717, 1.165) is 25.6 Å². The molecule has 0 N–H and O–H groups in total. The van der Waals surface area contributed by atoms with Gasteiger partial charge in [-0.2, -0.15) is 0 Å². The van der Waals surface area contributed by atoms with Crippen LogP contribution in [0.3, 0.4) is 0 Å². The normalized spacial score (nSPS) is 11.3. The molecule has 30 heavy (non-hydrogen) atoms. The predicted molar refractivity (Wildman–Crippen MR) is 116 cm³/mol. The van der Waals surface area contributed by atoms with Crippen molar-refractivity contribution in [1.82, 2.24) is 15.2 Å². The number of aliphatic imine (C=N–C) groups is 1. The first-order chi connectivity index (χ1) is 14.5. The Balaban J connectivity index is 1.46. The smallest absolute Gasteiger partial charge is 0.258 e. The molecular formula is C17H10N6O4S3. The standard InChI is InChI=1S/C17H10N6O4S3/c24-22(25)11-6-5-10(13(7-11)23(26)27)8-18-16-21-20-15(30-16)9-28-17-19-12-3-1-2-4-14(12)29-17/h1-8H,9H2/b18-8+. The molecule has 4 aromatic rings. The fourth-order valence-electron chi connectivity index (χ4n) is 2.43. The number of nitro groups is 2. The van der Waals surface area contributed by atoms with E-state index in [2.05, 4.69) is 20.2 Å². The van der Waals surface area contributed by atoms with Crippen LogP contribution in [0.5, 0.6) is 0 Å². The van der Waals surface area contributed by atoms with Gasteiger partial charge in [-0.05, 0) is 18.2 Å². The summed E-state index contributed by atoms with van der Waals surface area (Å²) in [5.74, 6) is 0.574. The summed E-state index contributed by atoms with van der Waals surface area (Å²) in [5, 5.41) is 31.1. The largest absolute Gasteiger partial charge is 0.285 e. The van der Waals surface area contributed by atoms with Crippen LogP contribution in [0.15, 0.2) is 51.8 Å². The van der Waals surface area contributed by atoms with Gasteiger partial charge in [-0.25, -0.2) is 9.98 Å². The Morgan fingerprint density at radius 3 is 2.67 bits per heavy atom. The summed E-state index contributed by atoms with van der Waals surface area (Å²) in [7, 11) is 0. The highest BCUT2D eigenvalue weighted by atomic mass is 32.2. The zero-order chi connectivity index (χ0) is 21.1. The molecule has 0 spiro atoms. The van der Waals surface area contributed by atoms with E-state index in [1.807, 2.05) is 24.3 Å². The SMILES string of the molecule is O=[N+]([O-])c1ccc(/C=N/c2nnc(CSc3nc4ccccc4s3)s2)c([N+](=O)[O-])c1. The topological polar surface area (TPSA) is 137 Å². The van der Waals surface area contributed by atoms with Crippen molar-refractivity contribution in [2.24, 2.45) is 4.99 Å². The van der Waals surface area contributed by atoms with Crippen molar-refractivity contribution in [1.29, 1.82) is 0 Å². The minimum Gasteiger partial charge on any atom is -0.258 e. The Bertz CT molecular complexity index is 1250. The van der Waals surface area contributed by atoms with Gasteiger partial charge < -0.3 is 0 Å². The molecule has 0 saturated heterocycles. The van der Waals surface area contributed by atoms with Crippen molar-refractivity contribution in [2.75, 3.05) is 0 Å². The molecule has 2 aromatic carbocycles. The second kappa shape index (κ2) is 8.61. The summed E-state index contributed by atoms with van der Waals surface area (Å²) in [6.07, 6.45) is 1.26. The maximum Gasteiger partial charge on any atom is 0.285 e. The third-order valence-electron chi connectivity index (χ3n) is 3.79. The monoisotopic (exact) mass is 458 g/mol. The number of hydrogen-bond donors (Lipinski definition) is 0. The van der Waals surface area contributed by atoms with Crippen molar-refractivity contribution in [3.63, 3.8) is 0 Å². The third-order valence-corrected chi connectivity index (χ3v) is 6.99. The second-order valence-corrected chi connectivity index (χ2v) is 9.02. The van der Waals surface area contributed by atoms with E-state index >= 15 is 0 Å². The summed E-state index contributed by atoms with van der Waals surface area (Å²) in [5.41, 5.74) is 0.344. The number of hydrogen-bond acceptors (Lipinski definition) is 11. The maximum absolute atomic E-state index is 11.2. The van der Waals surface area contributed by atoms with Crippen LogP contribution in [0.2, 0.25) is 0 Å². The average molecular weight is 459 g/mol. The molecule has 0 aliphatic heterocycles. The number of non-ortho nitro benzene ring substituents is 1. The highest BCUT2D eigenvalue weighted by molar-refractivity contribution is 8.00. The van der Waals surface area contributed by atoms with Crippen LogP contribution in [0, 0.1) is 20.2 Å². The van der Waals surface area contributed by atoms with E-state index in [1.165, 1.54) is 29.7 Å². The first-order valence-corrected chi connectivity index (χ1v) is 10.9. The van der Waals surface area contributed by atoms with Crippen molar-refractivity contribution in [2.45, 2.75) is 10.1 Å². The minimum absolute atomic E-state index is 0.145. The van der Waals surface area contributed by atoms with E-state index in [9.17, 15) is 20.2 Å². The number of aromatic nitrogens is 3. The molecule has 150 valence electrons. The van der Waals surface area contributed by atoms with Crippen molar-refractivity contribution >= 4 is 67.4 Å². The summed E-state index contributed by atoms with van der Waals surface area (Å²) < 4.78 is 2.05. The first kappa shape index (κ1) is 20.0. The lowest BCUT2D eigenvalue weighted by molar-refractivity contribution is -0.394. The van der Waals surface area contributed by atoms with Crippen molar-refractivity contribution in [3.8, 4) is 0 Å². The van der Waals surface area contributed by atoms with E-state index in [-0.39, 0.29) is 11.3 Å². The fraction of sp³-hybridized carbons (Fsp3) is 0.0588. The van der Waals surface area contributed by atoms with Crippen LogP contribution in [-0.2, 0) is 5.75 Å². The zero-order valence-electron chi connectivity index (χ0n) is 14.9. The molecule has 0 unspecified atom stereocenters. The predicted octanol–water partition coefficient (Wildman–Crippen LogP) is 5.01. The van der Waals surface area contributed by atoms with Gasteiger partial charge in [-0.15, -0.1) is 21.5 Å². The number of thiazole rings is 1. The molecule has 2 aromatic heterocycles. The molecule has 0 radical (unpaired) electrons. The van der Waals surface area contributed by atoms with Crippen molar-refractivity contribution < 1.29 is 9.85 Å². The summed E-state index contributed by atoms with van der Waals surface area (Å²) >= 11 is 4.41. The van der Waals surface area contributed by atoms with Crippen LogP contribution in [-0.4, -0.2) is 31.2 Å². The molecule has 0 fully saturated rings. The molecule has 0 aliphatic rings. The zero-order valence-corrected chi connectivity index (χ0v) is 17.3. The number of benzene rings is 2. The Morgan fingerprint density at radius 1 is 1.07 bits per heavy atom. The van der Waals surface area contributed by atoms with Gasteiger partial charge in [0.2, 0.25) is 5.13 Å². The van der Waals surface area contributed by atoms with Gasteiger partial charge in [0.1, 0.15) is 5.01 Å². The van der Waals surface area contributed by atoms with Gasteiger partial charge in [0.05, 0.1) is 37.4 Å². The molecular weight excluding hydrogens is 448 g/mol. The van der Waals surface area contributed by atoms with Crippen LogP contribution >= 0.6 is 34.4 Å². The average Bonchev–Trinajstić information content (AvgIpc) is 3.36. The molecule has 0 aliphatic carbocycles. The van der Waals surface area contributed by atoms with E-state index in [0.29, 0.717) is 10.9 Å². The van der Waals surface area contributed by atoms with Crippen molar-refractivity contribution in [3.05, 3.63) is 73.3 Å². The summed E-state index contributed by atoms with van der Waals surface area (Å²) in [4.78, 5) is 29.3. The van der Waals surface area contributed by atoms with Crippen LogP contribution in [0.4, 0.5) is 16.5 Å². The summed E-state index contributed by atoms with van der Waals surface area (Å²) in [6, 6.07) is 11.3. The molecule has 2 heterocycles. The Kier molecular flexibility index (Phi) is 5.74. The van der Waals surface area contributed by atoms with E-state index in [4.69, 9.17) is 0 Å². The Labute approximate surface area is 180 Å². The van der Waals surface area contributed by atoms with Gasteiger partial charge in [0.25, 0.3) is 11.4 Å². The molecule has 0 amide bonds. The minimum atomic E-state index is -0.686. The quantitative estimate of drug-likeness (QED) is 0.163. The van der Waals surface area contributed by atoms with Gasteiger partial charge in [-0.1, -0.05) is 35.2 Å². The van der Waals surface area contributed by atoms with E-state index < -0.39 is 15.5 Å². The lowest BCUT2D eigenvalue weighted by Crippen LogP contribution is -1.97. The van der Waals surface area contributed by atoms with Gasteiger partial charge in [-0.3, -0.25) is 20.2 Å². The Morgan fingerprint density at radius 2 is 1.90 bits per heavy atom. The number of nitrogens with zero attached hydrogens (tertiary/aromatic N) is 6. The number of nitro benzene ring substituents is 2. The van der Waals surface area contributed by atoms with Gasteiger partial charge in [0.15, 0.2) is 4.34 Å². The highest BCUT2D eigenvalue weighted by Crippen LogP contribution is 2.33. The van der Waals surface area contributed by atoms with Gasteiger partial charge in [0, 0.05) is 12.3 Å². The van der Waals surface area contributed by atoms with Crippen LogP contribution in [0.25, 0.3) is 10.2 Å². The highest BCUT2D eigenvalue weighted by Gasteiger charge is 2.18. The number of thioether (sulfide) groups is 1. The van der Waals surface area contributed by atoms with Gasteiger partial charge >= 0.3 is 0 Å². The lowest BCUT2D eigenvalue weighted by atomic mass is 10.2. The molecule has 0 bridgehead atoms. The Hall–Kier alpha value is -3.29. The first-order valence-electron chi connectivity index (χ1n) is 8.27. The number of rotatable bonds is 7. The van der Waals surface area contributed by atoms with E-state index in [1.54, 1.807) is 23.1 Å². The molecule has 4 rings (SSSR count). The molecule has 0 saturated carbocycles. The second-order valence-electron chi connectivity index (χ2n) is 5.73. The molecule has 0 atom stereocenters. The molecule has 13 heteroatoms. The number of fused-ring (bicyclic) bond motifs is 1. The fourth-order valence-corrected chi connectivity index (χ4v) is 5.17. The van der Waals surface area contributed by atoms with Crippen LogP contribution in [0.1, 0.15) is 10.6 Å². The molecule has 10 nitrogen and oxygen atoms in total. The maximum atomic E-state index is 11.2. The number of para-hydroxylation sites is 1. The lowest BCUT2D eigenvalue weighted by Gasteiger charge is -1.97. The third kappa shape index (κ3) is 4.48.